The van der Waals surface area contributed by atoms with E-state index in [-0.39, 0.29) is 40.6 Å². The summed E-state index contributed by atoms with van der Waals surface area (Å²) in [7, 11) is 1.73. The molecule has 1 aliphatic carbocycles. The molecule has 1 N–H and O–H groups in total. The summed E-state index contributed by atoms with van der Waals surface area (Å²) < 4.78 is 33.3. The van der Waals surface area contributed by atoms with Crippen molar-refractivity contribution in [1.82, 2.24) is 19.9 Å². The van der Waals surface area contributed by atoms with Gasteiger partial charge in [0.15, 0.2) is 0 Å². The van der Waals surface area contributed by atoms with Crippen molar-refractivity contribution in [3.63, 3.8) is 0 Å². The number of aromatic nitrogens is 3. The number of hydrogen-bond acceptors (Lipinski definition) is 6. The van der Waals surface area contributed by atoms with Crippen LogP contribution in [0, 0.1) is 5.95 Å². The SMILES string of the molecule is CCOc1nc(F)c2nc(OC3CCC(OC[C@H](C)NC(C)=O)CC3)n(C)c2c1Cl. The molecular weight excluding hydrogens is 415 g/mol. The minimum absolute atomic E-state index is 0.0219. The molecule has 0 bridgehead atoms. The predicted molar refractivity (Wildman–Crippen MR) is 111 cm³/mol. The first-order valence-corrected chi connectivity index (χ1v) is 10.6. The van der Waals surface area contributed by atoms with Gasteiger partial charge in [0, 0.05) is 20.0 Å². The van der Waals surface area contributed by atoms with E-state index in [0.29, 0.717) is 24.7 Å². The molecule has 166 valence electrons. The quantitative estimate of drug-likeness (QED) is 0.630. The number of imidazole rings is 1. The number of fused-ring (bicyclic) bond motifs is 1. The highest BCUT2D eigenvalue weighted by molar-refractivity contribution is 6.36. The number of rotatable bonds is 8. The average Bonchev–Trinajstić information content (AvgIpc) is 3.02. The van der Waals surface area contributed by atoms with Gasteiger partial charge in [0.1, 0.15) is 16.6 Å². The van der Waals surface area contributed by atoms with Crippen LogP contribution in [0.25, 0.3) is 11.0 Å². The van der Waals surface area contributed by atoms with Gasteiger partial charge in [-0.1, -0.05) is 11.6 Å². The summed E-state index contributed by atoms with van der Waals surface area (Å²) in [4.78, 5) is 19.1. The highest BCUT2D eigenvalue weighted by Gasteiger charge is 2.27. The first kappa shape index (κ1) is 22.6. The lowest BCUT2D eigenvalue weighted by atomic mass is 9.95. The molecule has 1 saturated carbocycles. The Labute approximate surface area is 180 Å². The molecule has 3 rings (SSSR count). The maximum Gasteiger partial charge on any atom is 0.297 e. The maximum atomic E-state index is 14.4. The first-order valence-electron chi connectivity index (χ1n) is 10.2. The number of carbonyl (C=O) groups excluding carboxylic acids is 1. The van der Waals surface area contributed by atoms with E-state index >= 15 is 0 Å². The van der Waals surface area contributed by atoms with Gasteiger partial charge in [0.2, 0.25) is 17.7 Å². The van der Waals surface area contributed by atoms with Crippen molar-refractivity contribution in [3.05, 3.63) is 11.0 Å². The zero-order valence-corrected chi connectivity index (χ0v) is 18.5. The predicted octanol–water partition coefficient (Wildman–Crippen LogP) is 3.39. The molecule has 10 heteroatoms. The van der Waals surface area contributed by atoms with Crippen LogP contribution >= 0.6 is 11.6 Å². The summed E-state index contributed by atoms with van der Waals surface area (Å²) >= 11 is 6.35. The lowest BCUT2D eigenvalue weighted by Gasteiger charge is -2.29. The summed E-state index contributed by atoms with van der Waals surface area (Å²) in [5, 5.41) is 3.02. The first-order chi connectivity index (χ1) is 14.3. The van der Waals surface area contributed by atoms with E-state index in [9.17, 15) is 9.18 Å². The van der Waals surface area contributed by atoms with Crippen LogP contribution in [-0.2, 0) is 16.6 Å². The summed E-state index contributed by atoms with van der Waals surface area (Å²) in [6.45, 7) is 5.99. The van der Waals surface area contributed by atoms with Crippen LogP contribution < -0.4 is 14.8 Å². The van der Waals surface area contributed by atoms with E-state index in [4.69, 9.17) is 25.8 Å². The van der Waals surface area contributed by atoms with Crippen molar-refractivity contribution in [2.24, 2.45) is 7.05 Å². The molecule has 8 nitrogen and oxygen atoms in total. The van der Waals surface area contributed by atoms with Crippen LogP contribution in [0.2, 0.25) is 5.02 Å². The van der Waals surface area contributed by atoms with Crippen molar-refractivity contribution in [2.75, 3.05) is 13.2 Å². The summed E-state index contributed by atoms with van der Waals surface area (Å²) in [5.41, 5.74) is 0.455. The highest BCUT2D eigenvalue weighted by Crippen LogP contribution is 2.35. The maximum absolute atomic E-state index is 14.4. The van der Waals surface area contributed by atoms with E-state index in [1.807, 2.05) is 6.92 Å². The third-order valence-electron chi connectivity index (χ3n) is 5.05. The number of halogens is 2. The third-order valence-corrected chi connectivity index (χ3v) is 5.39. The largest absolute Gasteiger partial charge is 0.477 e. The zero-order chi connectivity index (χ0) is 21.8. The topological polar surface area (TPSA) is 87.5 Å². The average molecular weight is 443 g/mol. The second kappa shape index (κ2) is 9.78. The number of aryl methyl sites for hydroxylation is 1. The van der Waals surface area contributed by atoms with Gasteiger partial charge in [0.25, 0.3) is 6.01 Å². The van der Waals surface area contributed by atoms with Crippen LogP contribution in [-0.4, -0.2) is 51.9 Å². The molecule has 0 aromatic carbocycles. The Hall–Kier alpha value is -2.13. The summed E-state index contributed by atoms with van der Waals surface area (Å²) in [6, 6.07) is 0.274. The number of amides is 1. The number of ether oxygens (including phenoxy) is 3. The monoisotopic (exact) mass is 442 g/mol. The van der Waals surface area contributed by atoms with Crippen molar-refractivity contribution in [2.45, 2.75) is 64.7 Å². The molecule has 2 heterocycles. The number of hydrogen-bond donors (Lipinski definition) is 1. The van der Waals surface area contributed by atoms with Gasteiger partial charge in [-0.2, -0.15) is 14.4 Å². The minimum atomic E-state index is -0.742. The number of pyridine rings is 1. The third kappa shape index (κ3) is 5.13. The van der Waals surface area contributed by atoms with Gasteiger partial charge in [-0.05, 0) is 39.5 Å². The molecule has 0 saturated heterocycles. The molecule has 1 aliphatic rings. The molecule has 1 atom stereocenters. The molecule has 30 heavy (non-hydrogen) atoms. The molecule has 1 fully saturated rings. The fourth-order valence-corrected chi connectivity index (χ4v) is 3.95. The van der Waals surface area contributed by atoms with Crippen LogP contribution in [0.5, 0.6) is 11.9 Å². The lowest BCUT2D eigenvalue weighted by Crippen LogP contribution is -2.37. The summed E-state index contributed by atoms with van der Waals surface area (Å²) in [5.74, 6) is -0.760. The Bertz CT molecular complexity index is 899. The van der Waals surface area contributed by atoms with Crippen molar-refractivity contribution < 1.29 is 23.4 Å². The van der Waals surface area contributed by atoms with Crippen LogP contribution in [0.3, 0.4) is 0 Å². The Morgan fingerprint density at radius 3 is 2.60 bits per heavy atom. The second-order valence-electron chi connectivity index (χ2n) is 7.56. The van der Waals surface area contributed by atoms with E-state index < -0.39 is 5.95 Å². The Morgan fingerprint density at radius 1 is 1.30 bits per heavy atom. The van der Waals surface area contributed by atoms with Crippen LogP contribution in [0.15, 0.2) is 0 Å². The molecular formula is C20H28ClFN4O4. The molecule has 0 radical (unpaired) electrons. The molecule has 1 amide bonds. The van der Waals surface area contributed by atoms with Crippen molar-refractivity contribution >= 4 is 28.5 Å². The normalized spacial score (nSPS) is 20.2. The van der Waals surface area contributed by atoms with Crippen LogP contribution in [0.1, 0.15) is 46.5 Å². The number of nitrogens with zero attached hydrogens (tertiary/aromatic N) is 3. The summed E-state index contributed by atoms with van der Waals surface area (Å²) in [6.07, 6.45) is 3.35. The van der Waals surface area contributed by atoms with Gasteiger partial charge >= 0.3 is 0 Å². The minimum Gasteiger partial charge on any atom is -0.477 e. The fourth-order valence-electron chi connectivity index (χ4n) is 3.64. The smallest absolute Gasteiger partial charge is 0.297 e. The molecule has 2 aromatic heterocycles. The standard InChI is InChI=1S/C20H28ClFN4O4/c1-5-28-19-15(21)17-16(18(22)25-19)24-20(26(17)4)30-14-8-6-13(7-9-14)29-10-11(2)23-12(3)27/h11,13-14H,5-10H2,1-4H3,(H,23,27)/t11-,13?,14?/m0/s1. The van der Waals surface area contributed by atoms with Gasteiger partial charge < -0.3 is 19.5 Å². The zero-order valence-electron chi connectivity index (χ0n) is 17.7. The van der Waals surface area contributed by atoms with Gasteiger partial charge in [0.05, 0.1) is 24.8 Å². The Balaban J connectivity index is 1.61. The van der Waals surface area contributed by atoms with E-state index in [1.54, 1.807) is 18.5 Å². The van der Waals surface area contributed by atoms with Crippen LogP contribution in [0.4, 0.5) is 4.39 Å². The second-order valence-corrected chi connectivity index (χ2v) is 7.93. The number of nitrogens with one attached hydrogen (secondary N) is 1. The Kier molecular flexibility index (Phi) is 7.36. The molecule has 0 unspecified atom stereocenters. The highest BCUT2D eigenvalue weighted by atomic mass is 35.5. The number of carbonyl (C=O) groups is 1. The van der Waals surface area contributed by atoms with E-state index in [0.717, 1.165) is 25.7 Å². The van der Waals surface area contributed by atoms with E-state index in [2.05, 4.69) is 15.3 Å². The van der Waals surface area contributed by atoms with E-state index in [1.165, 1.54) is 6.92 Å². The Morgan fingerprint density at radius 2 is 1.97 bits per heavy atom. The van der Waals surface area contributed by atoms with Gasteiger partial charge in [-0.25, -0.2) is 0 Å². The molecule has 0 aliphatic heterocycles. The lowest BCUT2D eigenvalue weighted by molar-refractivity contribution is -0.120. The van der Waals surface area contributed by atoms with Gasteiger partial charge in [-0.15, -0.1) is 0 Å². The molecule has 2 aromatic rings. The fraction of sp³-hybridized carbons (Fsp3) is 0.650. The van der Waals surface area contributed by atoms with Crippen molar-refractivity contribution in [1.29, 1.82) is 0 Å². The van der Waals surface area contributed by atoms with Crippen molar-refractivity contribution in [3.8, 4) is 11.9 Å². The van der Waals surface area contributed by atoms with Gasteiger partial charge in [-0.3, -0.25) is 9.36 Å². The molecule has 0 spiro atoms.